The van der Waals surface area contributed by atoms with Gasteiger partial charge in [0.1, 0.15) is 5.82 Å². The van der Waals surface area contributed by atoms with E-state index in [0.29, 0.717) is 22.9 Å². The molecule has 1 saturated heterocycles. The first-order chi connectivity index (χ1) is 15.9. The van der Waals surface area contributed by atoms with E-state index in [-0.39, 0.29) is 5.82 Å². The molecule has 1 N–H and O–H groups in total. The average Bonchev–Trinajstić information content (AvgIpc) is 3.52. The van der Waals surface area contributed by atoms with Gasteiger partial charge in [0.25, 0.3) is 0 Å². The van der Waals surface area contributed by atoms with Gasteiger partial charge < -0.3 is 4.90 Å². The van der Waals surface area contributed by atoms with Crippen molar-refractivity contribution in [2.45, 2.75) is 31.6 Å². The number of amidine groups is 1. The van der Waals surface area contributed by atoms with Crippen LogP contribution in [0.2, 0.25) is 5.02 Å². The lowest BCUT2D eigenvalue weighted by Crippen LogP contribution is -2.35. The van der Waals surface area contributed by atoms with Crippen LogP contribution in [0.5, 0.6) is 0 Å². The molecule has 6 nitrogen and oxygen atoms in total. The smallest absolute Gasteiger partial charge is 0.165 e. The summed E-state index contributed by atoms with van der Waals surface area (Å²) < 4.78 is 17.6. The highest BCUT2D eigenvalue weighted by molar-refractivity contribution is 7.98. The Morgan fingerprint density at radius 2 is 2.15 bits per heavy atom. The minimum atomic E-state index is -0.294. The van der Waals surface area contributed by atoms with Crippen molar-refractivity contribution in [3.63, 3.8) is 0 Å². The Morgan fingerprint density at radius 1 is 1.30 bits per heavy atom. The molecule has 10 heteroatoms. The number of nitrogens with one attached hydrogen (secondary N) is 1. The molecule has 2 aliphatic rings. The summed E-state index contributed by atoms with van der Waals surface area (Å²) in [4.78, 5) is 11.7. The maximum atomic E-state index is 12.1. The van der Waals surface area contributed by atoms with E-state index in [0.717, 1.165) is 29.5 Å². The molecule has 4 heterocycles. The maximum absolute atomic E-state index is 12.1. The van der Waals surface area contributed by atoms with Gasteiger partial charge in [0.15, 0.2) is 10.8 Å². The predicted molar refractivity (Wildman–Crippen MR) is 136 cm³/mol. The van der Waals surface area contributed by atoms with E-state index in [4.69, 9.17) is 16.6 Å². The summed E-state index contributed by atoms with van der Waals surface area (Å²) in [5, 5.41) is 8.61. The number of hydrogen-bond donors (Lipinski definition) is 1. The lowest BCUT2D eigenvalue weighted by molar-refractivity contribution is 0.544. The average molecular weight is 505 g/mol. The van der Waals surface area contributed by atoms with Crippen molar-refractivity contribution in [2.75, 3.05) is 13.1 Å². The van der Waals surface area contributed by atoms with Gasteiger partial charge in [-0.25, -0.2) is 9.37 Å². The van der Waals surface area contributed by atoms with Gasteiger partial charge in [0, 0.05) is 65.4 Å². The highest BCUT2D eigenvalue weighted by atomic mass is 35.5. The molecule has 2 aliphatic heterocycles. The van der Waals surface area contributed by atoms with Gasteiger partial charge in [-0.2, -0.15) is 5.10 Å². The number of aromatic nitrogens is 3. The van der Waals surface area contributed by atoms with E-state index in [1.54, 1.807) is 35.4 Å². The lowest BCUT2D eigenvalue weighted by Gasteiger charge is -2.27. The summed E-state index contributed by atoms with van der Waals surface area (Å²) in [6, 6.07) is 8.30. The SMILES string of the molecule is CC(C)SNC1CC2=C(c3ccn(C)n3)CN=C(c3nccs3)N2C1.Fc1cccc(Cl)c1. The van der Waals surface area contributed by atoms with Crippen LogP contribution in [0.3, 0.4) is 0 Å². The normalized spacial score (nSPS) is 17.7. The highest BCUT2D eigenvalue weighted by Crippen LogP contribution is 2.35. The second-order valence-corrected chi connectivity index (χ2v) is 10.8. The van der Waals surface area contributed by atoms with Crippen molar-refractivity contribution in [3.05, 3.63) is 75.3 Å². The minimum absolute atomic E-state index is 0.294. The number of aryl methyl sites for hydroxylation is 1. The highest BCUT2D eigenvalue weighted by Gasteiger charge is 2.36. The first-order valence-electron chi connectivity index (χ1n) is 10.7. The largest absolute Gasteiger partial charge is 0.326 e. The first kappa shape index (κ1) is 23.9. The molecule has 0 bridgehead atoms. The molecule has 2 aromatic heterocycles. The van der Waals surface area contributed by atoms with Crippen LogP contribution >= 0.6 is 34.9 Å². The van der Waals surface area contributed by atoms with E-state index < -0.39 is 0 Å². The van der Waals surface area contributed by atoms with Crippen LogP contribution in [0.15, 0.2) is 58.8 Å². The van der Waals surface area contributed by atoms with Gasteiger partial charge in [0.05, 0.1) is 12.2 Å². The van der Waals surface area contributed by atoms with Crippen molar-refractivity contribution in [2.24, 2.45) is 12.0 Å². The molecule has 33 heavy (non-hydrogen) atoms. The molecule has 0 saturated carbocycles. The second kappa shape index (κ2) is 10.8. The van der Waals surface area contributed by atoms with Gasteiger partial charge in [-0.15, -0.1) is 11.3 Å². The minimum Gasteiger partial charge on any atom is -0.326 e. The van der Waals surface area contributed by atoms with Crippen molar-refractivity contribution < 1.29 is 4.39 Å². The van der Waals surface area contributed by atoms with Gasteiger partial charge >= 0.3 is 0 Å². The van der Waals surface area contributed by atoms with Crippen LogP contribution in [0.1, 0.15) is 31.0 Å². The van der Waals surface area contributed by atoms with Crippen LogP contribution in [-0.2, 0) is 7.05 Å². The molecular weight excluding hydrogens is 479 g/mol. The number of nitrogens with zero attached hydrogens (tertiary/aromatic N) is 5. The Balaban J connectivity index is 0.000000275. The molecule has 5 rings (SSSR count). The number of aliphatic imine (C=N–C) groups is 1. The topological polar surface area (TPSA) is 58.3 Å². The molecule has 0 aliphatic carbocycles. The molecule has 1 unspecified atom stereocenters. The van der Waals surface area contributed by atoms with Gasteiger partial charge in [-0.05, 0) is 24.3 Å². The lowest BCUT2D eigenvalue weighted by atomic mass is 10.1. The Morgan fingerprint density at radius 3 is 2.76 bits per heavy atom. The van der Waals surface area contributed by atoms with Crippen molar-refractivity contribution in [1.82, 2.24) is 24.4 Å². The zero-order valence-electron chi connectivity index (χ0n) is 18.7. The Labute approximate surface area is 206 Å². The van der Waals surface area contributed by atoms with E-state index in [2.05, 4.69) is 39.6 Å². The summed E-state index contributed by atoms with van der Waals surface area (Å²) in [6.45, 7) is 6.01. The van der Waals surface area contributed by atoms with Crippen LogP contribution < -0.4 is 4.72 Å². The molecule has 0 radical (unpaired) electrons. The number of benzene rings is 1. The number of rotatable bonds is 5. The maximum Gasteiger partial charge on any atom is 0.165 e. The summed E-state index contributed by atoms with van der Waals surface area (Å²) in [6.07, 6.45) is 4.84. The van der Waals surface area contributed by atoms with Crippen LogP contribution in [0, 0.1) is 5.82 Å². The van der Waals surface area contributed by atoms with Gasteiger partial charge in [-0.1, -0.05) is 43.5 Å². The standard InChI is InChI=1S/C17H22N6S2.C6H4ClF/c1-11(2)25-21-12-8-15-13(14-4-6-22(3)20-14)9-19-16(23(15)10-12)17-18-5-7-24-17;7-5-2-1-3-6(8)4-5/h4-7,11-12,21H,8-10H2,1-3H3;1-4H. The summed E-state index contributed by atoms with van der Waals surface area (Å²) >= 11 is 8.85. The molecular formula is C23H26ClFN6S2. The van der Waals surface area contributed by atoms with E-state index in [1.165, 1.54) is 23.4 Å². The number of halogens is 2. The molecule has 0 amide bonds. The summed E-state index contributed by atoms with van der Waals surface area (Å²) in [7, 11) is 1.96. The van der Waals surface area contributed by atoms with Gasteiger partial charge in [-0.3, -0.25) is 14.4 Å². The third-order valence-corrected chi connectivity index (χ3v) is 7.01. The number of hydrogen-bond acceptors (Lipinski definition) is 7. The fourth-order valence-electron chi connectivity index (χ4n) is 3.66. The molecule has 1 atom stereocenters. The van der Waals surface area contributed by atoms with E-state index in [9.17, 15) is 4.39 Å². The Bertz CT molecular complexity index is 1120. The number of fused-ring (bicyclic) bond motifs is 1. The van der Waals surface area contributed by atoms with Crippen molar-refractivity contribution in [1.29, 1.82) is 0 Å². The molecule has 174 valence electrons. The number of thiazole rings is 1. The van der Waals surface area contributed by atoms with E-state index >= 15 is 0 Å². The zero-order chi connectivity index (χ0) is 23.4. The zero-order valence-corrected chi connectivity index (χ0v) is 21.1. The fourth-order valence-corrected chi connectivity index (χ4v) is 5.11. The van der Waals surface area contributed by atoms with Crippen LogP contribution in [0.25, 0.3) is 5.57 Å². The Hall–Kier alpha value is -2.20. The first-order valence-corrected chi connectivity index (χ1v) is 12.8. The Kier molecular flexibility index (Phi) is 7.85. The monoisotopic (exact) mass is 504 g/mol. The second-order valence-electron chi connectivity index (χ2n) is 8.01. The van der Waals surface area contributed by atoms with Crippen LogP contribution in [-0.4, -0.2) is 49.9 Å². The molecule has 0 spiro atoms. The molecule has 3 aromatic rings. The van der Waals surface area contributed by atoms with Crippen LogP contribution in [0.4, 0.5) is 4.39 Å². The predicted octanol–water partition coefficient (Wildman–Crippen LogP) is 5.25. The third kappa shape index (κ3) is 6.03. The molecule has 1 aromatic carbocycles. The third-order valence-electron chi connectivity index (χ3n) is 5.06. The van der Waals surface area contributed by atoms with E-state index in [1.807, 2.05) is 29.5 Å². The van der Waals surface area contributed by atoms with Crippen molar-refractivity contribution >= 4 is 46.3 Å². The quantitative estimate of drug-likeness (QED) is 0.481. The van der Waals surface area contributed by atoms with Crippen molar-refractivity contribution in [3.8, 4) is 0 Å². The summed E-state index contributed by atoms with van der Waals surface area (Å²) in [5.41, 5.74) is 3.60. The molecule has 1 fully saturated rings. The fraction of sp³-hybridized carbons (Fsp3) is 0.348. The summed E-state index contributed by atoms with van der Waals surface area (Å²) in [5.74, 6) is 0.709. The van der Waals surface area contributed by atoms with Gasteiger partial charge in [0.2, 0.25) is 0 Å².